The van der Waals surface area contributed by atoms with Crippen LogP contribution in [0.3, 0.4) is 0 Å². The van der Waals surface area contributed by atoms with E-state index in [4.69, 9.17) is 23.2 Å². The van der Waals surface area contributed by atoms with Crippen LogP contribution in [-0.4, -0.2) is 12.5 Å². The van der Waals surface area contributed by atoms with Gasteiger partial charge in [-0.2, -0.15) is 0 Å². The lowest BCUT2D eigenvalue weighted by Crippen LogP contribution is -2.30. The Morgan fingerprint density at radius 3 is 2.36 bits per heavy atom. The molecule has 0 aliphatic carbocycles. The Kier molecular flexibility index (Phi) is 7.30. The van der Waals surface area contributed by atoms with Crippen molar-refractivity contribution in [1.82, 2.24) is 5.32 Å². The minimum Gasteiger partial charge on any atom is -0.324 e. The lowest BCUT2D eigenvalue weighted by atomic mass is 10.00. The van der Waals surface area contributed by atoms with E-state index in [-0.39, 0.29) is 18.5 Å². The van der Waals surface area contributed by atoms with Crippen LogP contribution in [0.5, 0.6) is 0 Å². The van der Waals surface area contributed by atoms with Crippen molar-refractivity contribution in [3.63, 3.8) is 0 Å². The number of hydrogen-bond donors (Lipinski definition) is 2. The van der Waals surface area contributed by atoms with Crippen molar-refractivity contribution in [3.8, 4) is 0 Å². The summed E-state index contributed by atoms with van der Waals surface area (Å²) in [6.07, 6.45) is 1.07. The van der Waals surface area contributed by atoms with Crippen LogP contribution in [0.1, 0.15) is 37.9 Å². The number of carbonyl (C=O) groups is 1. The van der Waals surface area contributed by atoms with Gasteiger partial charge in [0.1, 0.15) is 0 Å². The molecule has 0 saturated heterocycles. The predicted octanol–water partition coefficient (Wildman–Crippen LogP) is 5.48. The molecule has 2 aromatic carbocycles. The van der Waals surface area contributed by atoms with Crippen LogP contribution in [-0.2, 0) is 11.2 Å². The van der Waals surface area contributed by atoms with Gasteiger partial charge < -0.3 is 10.6 Å². The van der Waals surface area contributed by atoms with Gasteiger partial charge >= 0.3 is 0 Å². The summed E-state index contributed by atoms with van der Waals surface area (Å²) in [4.78, 5) is 12.1. The quantitative estimate of drug-likeness (QED) is 0.669. The largest absolute Gasteiger partial charge is 0.324 e. The minimum absolute atomic E-state index is 0.0775. The van der Waals surface area contributed by atoms with E-state index in [0.29, 0.717) is 21.7 Å². The second kappa shape index (κ2) is 9.23. The van der Waals surface area contributed by atoms with Crippen LogP contribution in [0.2, 0.25) is 10.0 Å². The molecule has 0 fully saturated rings. The van der Waals surface area contributed by atoms with Crippen LogP contribution in [0.15, 0.2) is 42.5 Å². The molecule has 25 heavy (non-hydrogen) atoms. The van der Waals surface area contributed by atoms with E-state index < -0.39 is 0 Å². The number of rotatable bonds is 7. The Hall–Kier alpha value is -1.55. The van der Waals surface area contributed by atoms with E-state index >= 15 is 0 Å². The van der Waals surface area contributed by atoms with Crippen molar-refractivity contribution in [2.75, 3.05) is 11.9 Å². The molecule has 0 radical (unpaired) electrons. The summed E-state index contributed by atoms with van der Waals surface area (Å²) in [7, 11) is 0. The molecular weight excluding hydrogens is 355 g/mol. The molecule has 0 bridgehead atoms. The summed E-state index contributed by atoms with van der Waals surface area (Å²) in [5.74, 6) is 0.482. The predicted molar refractivity (Wildman–Crippen MR) is 106 cm³/mol. The van der Waals surface area contributed by atoms with Gasteiger partial charge in [-0.15, -0.1) is 0 Å². The summed E-state index contributed by atoms with van der Waals surface area (Å²) >= 11 is 12.0. The van der Waals surface area contributed by atoms with Crippen molar-refractivity contribution in [3.05, 3.63) is 63.6 Å². The zero-order valence-corrected chi connectivity index (χ0v) is 16.3. The highest BCUT2D eigenvalue weighted by Crippen LogP contribution is 2.25. The van der Waals surface area contributed by atoms with Gasteiger partial charge in [0.15, 0.2) is 0 Å². The first-order valence-corrected chi connectivity index (χ1v) is 9.18. The van der Waals surface area contributed by atoms with Crippen LogP contribution in [0, 0.1) is 5.92 Å². The summed E-state index contributed by atoms with van der Waals surface area (Å²) in [5, 5.41) is 6.99. The van der Waals surface area contributed by atoms with Crippen LogP contribution >= 0.6 is 23.2 Å². The standard InChI is InChI=1S/C20H24Cl2N2O/c1-13(2)10-15-4-6-16(7-5-15)14(3)23-12-20(25)24-19-11-17(21)8-9-18(19)22/h4-9,11,13-14,23H,10,12H2,1-3H3,(H,24,25)/t14-/m0/s1. The molecule has 2 rings (SSSR count). The molecule has 0 unspecified atom stereocenters. The Morgan fingerprint density at radius 2 is 1.72 bits per heavy atom. The van der Waals surface area contributed by atoms with Gasteiger partial charge in [-0.25, -0.2) is 0 Å². The fourth-order valence-corrected chi connectivity index (χ4v) is 2.90. The number of hydrogen-bond acceptors (Lipinski definition) is 2. The van der Waals surface area contributed by atoms with Gasteiger partial charge in [-0.05, 0) is 48.6 Å². The van der Waals surface area contributed by atoms with Gasteiger partial charge in [0.25, 0.3) is 0 Å². The van der Waals surface area contributed by atoms with Crippen LogP contribution < -0.4 is 10.6 Å². The molecule has 5 heteroatoms. The molecule has 0 aliphatic rings. The van der Waals surface area contributed by atoms with E-state index in [1.165, 1.54) is 5.56 Å². The molecular formula is C20H24Cl2N2O. The zero-order valence-electron chi connectivity index (χ0n) is 14.8. The van der Waals surface area contributed by atoms with E-state index in [9.17, 15) is 4.79 Å². The Balaban J connectivity index is 1.87. The number of anilines is 1. The molecule has 0 aromatic heterocycles. The average Bonchev–Trinajstić information content (AvgIpc) is 2.56. The average molecular weight is 379 g/mol. The van der Waals surface area contributed by atoms with E-state index in [1.54, 1.807) is 18.2 Å². The van der Waals surface area contributed by atoms with Crippen molar-refractivity contribution in [2.45, 2.75) is 33.2 Å². The number of amides is 1. The molecule has 1 amide bonds. The lowest BCUT2D eigenvalue weighted by molar-refractivity contribution is -0.115. The highest BCUT2D eigenvalue weighted by Gasteiger charge is 2.10. The third-order valence-corrected chi connectivity index (χ3v) is 4.46. The molecule has 1 atom stereocenters. The monoisotopic (exact) mass is 378 g/mol. The lowest BCUT2D eigenvalue weighted by Gasteiger charge is -2.15. The first kappa shape index (κ1) is 19.8. The zero-order chi connectivity index (χ0) is 18.4. The maximum Gasteiger partial charge on any atom is 0.238 e. The number of halogens is 2. The topological polar surface area (TPSA) is 41.1 Å². The van der Waals surface area contributed by atoms with E-state index in [1.807, 2.05) is 6.92 Å². The summed E-state index contributed by atoms with van der Waals surface area (Å²) in [6.45, 7) is 6.65. The first-order chi connectivity index (χ1) is 11.8. The fraction of sp³-hybridized carbons (Fsp3) is 0.350. The molecule has 134 valence electrons. The second-order valence-electron chi connectivity index (χ2n) is 6.61. The molecule has 3 nitrogen and oxygen atoms in total. The van der Waals surface area contributed by atoms with Crippen molar-refractivity contribution in [2.24, 2.45) is 5.92 Å². The maximum atomic E-state index is 12.1. The number of nitrogens with one attached hydrogen (secondary N) is 2. The van der Waals surface area contributed by atoms with Crippen molar-refractivity contribution >= 4 is 34.8 Å². The van der Waals surface area contributed by atoms with E-state index in [2.05, 4.69) is 48.7 Å². The summed E-state index contributed by atoms with van der Waals surface area (Å²) < 4.78 is 0. The first-order valence-electron chi connectivity index (χ1n) is 8.42. The molecule has 0 spiro atoms. The van der Waals surface area contributed by atoms with Crippen LogP contribution in [0.4, 0.5) is 5.69 Å². The van der Waals surface area contributed by atoms with Gasteiger partial charge in [-0.3, -0.25) is 4.79 Å². The molecule has 2 N–H and O–H groups in total. The van der Waals surface area contributed by atoms with Gasteiger partial charge in [0, 0.05) is 11.1 Å². The van der Waals surface area contributed by atoms with Crippen LogP contribution in [0.25, 0.3) is 0 Å². The van der Waals surface area contributed by atoms with Gasteiger partial charge in [-0.1, -0.05) is 61.3 Å². The molecule has 0 aliphatic heterocycles. The Morgan fingerprint density at radius 1 is 1.04 bits per heavy atom. The summed E-state index contributed by atoms with van der Waals surface area (Å²) in [6, 6.07) is 13.6. The minimum atomic E-state index is -0.160. The second-order valence-corrected chi connectivity index (χ2v) is 7.46. The third kappa shape index (κ3) is 6.35. The van der Waals surface area contributed by atoms with Crippen molar-refractivity contribution < 1.29 is 4.79 Å². The number of carbonyl (C=O) groups excluding carboxylic acids is 1. The maximum absolute atomic E-state index is 12.1. The number of benzene rings is 2. The normalized spacial score (nSPS) is 12.2. The molecule has 0 heterocycles. The van der Waals surface area contributed by atoms with Gasteiger partial charge in [0.05, 0.1) is 17.3 Å². The van der Waals surface area contributed by atoms with Crippen molar-refractivity contribution in [1.29, 1.82) is 0 Å². The Bertz CT molecular complexity index is 714. The smallest absolute Gasteiger partial charge is 0.238 e. The third-order valence-electron chi connectivity index (χ3n) is 3.89. The highest BCUT2D eigenvalue weighted by molar-refractivity contribution is 6.35. The molecule has 0 saturated carbocycles. The summed E-state index contributed by atoms with van der Waals surface area (Å²) in [5.41, 5.74) is 3.01. The fourth-order valence-electron chi connectivity index (χ4n) is 2.57. The molecule has 2 aromatic rings. The van der Waals surface area contributed by atoms with Gasteiger partial charge in [0.2, 0.25) is 5.91 Å². The highest BCUT2D eigenvalue weighted by atomic mass is 35.5. The Labute approximate surface area is 159 Å². The SMILES string of the molecule is CC(C)Cc1ccc([C@H](C)NCC(=O)Nc2cc(Cl)ccc2Cl)cc1. The van der Waals surface area contributed by atoms with E-state index in [0.717, 1.165) is 12.0 Å².